The molecule has 1 aromatic heterocycles. The molecule has 2 amide bonds. The van der Waals surface area contributed by atoms with Gasteiger partial charge in [-0.2, -0.15) is 0 Å². The summed E-state index contributed by atoms with van der Waals surface area (Å²) < 4.78 is 0. The van der Waals surface area contributed by atoms with Crippen LogP contribution in [0.25, 0.3) is 10.9 Å². The molecule has 1 atom stereocenters. The van der Waals surface area contributed by atoms with Crippen LogP contribution in [0.5, 0.6) is 0 Å². The molecule has 1 saturated heterocycles. The third-order valence-corrected chi connectivity index (χ3v) is 6.95. The molecular formula is C26H30N4O5. The predicted octanol–water partition coefficient (Wildman–Crippen LogP) is 3.58. The Balaban J connectivity index is 0.000000431. The van der Waals surface area contributed by atoms with E-state index >= 15 is 0 Å². The van der Waals surface area contributed by atoms with E-state index in [0.29, 0.717) is 18.4 Å². The summed E-state index contributed by atoms with van der Waals surface area (Å²) in [6, 6.07) is 16.8. The number of carboxylic acid groups (broad SMARTS) is 2. The SMILES string of the molecule is NC(=O)N1CC(CCN2CCC(c3ccc4[nH]ccc4c3)CC2)c2ccccc21.O=C(O)C(=O)O. The zero-order valence-electron chi connectivity index (χ0n) is 19.4. The maximum absolute atomic E-state index is 11.8. The number of H-pyrrole nitrogens is 1. The fraction of sp³-hybridized carbons (Fsp3) is 0.346. The second-order valence-corrected chi connectivity index (χ2v) is 9.04. The van der Waals surface area contributed by atoms with Gasteiger partial charge in [-0.25, -0.2) is 14.4 Å². The number of urea groups is 1. The highest BCUT2D eigenvalue weighted by Gasteiger charge is 2.31. The van der Waals surface area contributed by atoms with Gasteiger partial charge in [-0.15, -0.1) is 0 Å². The number of anilines is 1. The Morgan fingerprint density at radius 2 is 1.71 bits per heavy atom. The Morgan fingerprint density at radius 3 is 2.40 bits per heavy atom. The van der Waals surface area contributed by atoms with Crippen molar-refractivity contribution in [1.82, 2.24) is 9.88 Å². The zero-order chi connectivity index (χ0) is 24.9. The Morgan fingerprint density at radius 1 is 1.00 bits per heavy atom. The maximum atomic E-state index is 11.8. The van der Waals surface area contributed by atoms with Crippen LogP contribution in [0.15, 0.2) is 54.7 Å². The zero-order valence-corrected chi connectivity index (χ0v) is 19.4. The molecule has 184 valence electrons. The van der Waals surface area contributed by atoms with E-state index in [1.54, 1.807) is 4.90 Å². The highest BCUT2D eigenvalue weighted by atomic mass is 16.4. The summed E-state index contributed by atoms with van der Waals surface area (Å²) in [7, 11) is 0. The van der Waals surface area contributed by atoms with E-state index in [4.69, 9.17) is 25.5 Å². The molecule has 9 heteroatoms. The molecule has 0 aliphatic carbocycles. The van der Waals surface area contributed by atoms with Gasteiger partial charge in [-0.05, 0) is 85.6 Å². The number of aliphatic carboxylic acids is 2. The number of carboxylic acids is 2. The van der Waals surface area contributed by atoms with Crippen LogP contribution >= 0.6 is 0 Å². The third kappa shape index (κ3) is 5.63. The Bertz CT molecular complexity index is 1200. The lowest BCUT2D eigenvalue weighted by Gasteiger charge is -2.33. The normalized spacial score (nSPS) is 18.1. The van der Waals surface area contributed by atoms with Crippen LogP contribution in [-0.4, -0.2) is 64.2 Å². The number of aromatic nitrogens is 1. The average molecular weight is 479 g/mol. The third-order valence-electron chi connectivity index (χ3n) is 6.95. The molecule has 35 heavy (non-hydrogen) atoms. The number of rotatable bonds is 4. The number of nitrogens with two attached hydrogens (primary N) is 1. The predicted molar refractivity (Wildman–Crippen MR) is 133 cm³/mol. The number of aromatic amines is 1. The summed E-state index contributed by atoms with van der Waals surface area (Å²) in [4.78, 5) is 37.6. The topological polar surface area (TPSA) is 140 Å². The molecule has 2 aromatic carbocycles. The largest absolute Gasteiger partial charge is 0.473 e. The summed E-state index contributed by atoms with van der Waals surface area (Å²) >= 11 is 0. The smallest absolute Gasteiger partial charge is 0.414 e. The number of carbonyl (C=O) groups excluding carboxylic acids is 1. The van der Waals surface area contributed by atoms with Gasteiger partial charge in [0.05, 0.1) is 0 Å². The van der Waals surface area contributed by atoms with E-state index < -0.39 is 11.9 Å². The van der Waals surface area contributed by atoms with Crippen molar-refractivity contribution in [1.29, 1.82) is 0 Å². The first-order valence-electron chi connectivity index (χ1n) is 11.7. The molecular weight excluding hydrogens is 448 g/mol. The summed E-state index contributed by atoms with van der Waals surface area (Å²) in [6.45, 7) is 4.07. The molecule has 0 saturated carbocycles. The van der Waals surface area contributed by atoms with Gasteiger partial charge in [0.25, 0.3) is 0 Å². The number of nitrogens with one attached hydrogen (secondary N) is 1. The van der Waals surface area contributed by atoms with Crippen molar-refractivity contribution < 1.29 is 24.6 Å². The summed E-state index contributed by atoms with van der Waals surface area (Å²) in [5.41, 5.74) is 10.5. The lowest BCUT2D eigenvalue weighted by Crippen LogP contribution is -2.36. The number of nitrogens with zero attached hydrogens (tertiary/aromatic N) is 2. The van der Waals surface area contributed by atoms with Gasteiger partial charge in [-0.3, -0.25) is 4.90 Å². The summed E-state index contributed by atoms with van der Waals surface area (Å²) in [5, 5.41) is 16.1. The minimum atomic E-state index is -1.82. The van der Waals surface area contributed by atoms with E-state index in [-0.39, 0.29) is 6.03 Å². The van der Waals surface area contributed by atoms with Gasteiger partial charge in [0, 0.05) is 29.9 Å². The van der Waals surface area contributed by atoms with E-state index in [9.17, 15) is 4.79 Å². The van der Waals surface area contributed by atoms with Crippen molar-refractivity contribution >= 4 is 34.6 Å². The number of hydrogen-bond acceptors (Lipinski definition) is 4. The van der Waals surface area contributed by atoms with E-state index in [2.05, 4.69) is 46.3 Å². The van der Waals surface area contributed by atoms with Crippen molar-refractivity contribution in [3.8, 4) is 0 Å². The molecule has 1 unspecified atom stereocenters. The van der Waals surface area contributed by atoms with Crippen LogP contribution in [0, 0.1) is 0 Å². The van der Waals surface area contributed by atoms with Crippen LogP contribution < -0.4 is 10.6 Å². The van der Waals surface area contributed by atoms with Gasteiger partial charge in [0.1, 0.15) is 0 Å². The van der Waals surface area contributed by atoms with Gasteiger partial charge >= 0.3 is 18.0 Å². The Labute approximate surface area is 203 Å². The minimum absolute atomic E-state index is 0.347. The summed E-state index contributed by atoms with van der Waals surface area (Å²) in [6.07, 6.45) is 5.51. The fourth-order valence-electron chi connectivity index (χ4n) is 5.11. The van der Waals surface area contributed by atoms with Crippen LogP contribution in [0.2, 0.25) is 0 Å². The van der Waals surface area contributed by atoms with E-state index in [1.807, 2.05) is 18.3 Å². The molecule has 1 fully saturated rings. The van der Waals surface area contributed by atoms with Crippen LogP contribution in [0.1, 0.15) is 42.2 Å². The number of primary amides is 1. The quantitative estimate of drug-likeness (QED) is 0.423. The van der Waals surface area contributed by atoms with Crippen molar-refractivity contribution in [2.75, 3.05) is 31.1 Å². The van der Waals surface area contributed by atoms with Crippen molar-refractivity contribution in [2.45, 2.75) is 31.1 Å². The van der Waals surface area contributed by atoms with Gasteiger partial charge in [0.2, 0.25) is 0 Å². The molecule has 3 heterocycles. The number of amides is 2. The number of benzene rings is 2. The van der Waals surface area contributed by atoms with E-state index in [0.717, 1.165) is 31.7 Å². The lowest BCUT2D eigenvalue weighted by molar-refractivity contribution is -0.159. The maximum Gasteiger partial charge on any atom is 0.414 e. The Hall–Kier alpha value is -3.85. The van der Waals surface area contributed by atoms with Crippen LogP contribution in [0.4, 0.5) is 10.5 Å². The monoisotopic (exact) mass is 478 g/mol. The number of likely N-dealkylation sites (tertiary alicyclic amines) is 1. The minimum Gasteiger partial charge on any atom is -0.473 e. The molecule has 5 N–H and O–H groups in total. The van der Waals surface area contributed by atoms with Crippen molar-refractivity contribution in [2.24, 2.45) is 5.73 Å². The standard InChI is InChI=1S/C24H28N4O.C2H2O4/c25-24(29)28-16-20(21-3-1-2-4-23(21)28)10-14-27-12-8-17(9-13-27)18-5-6-22-19(15-18)7-11-26-22;3-1(4)2(5)6/h1-7,11,15,17,20,26H,8-10,12-14,16H2,(H2,25,29);(H,3,4)(H,5,6). The molecule has 0 radical (unpaired) electrons. The number of para-hydroxylation sites is 1. The van der Waals surface area contributed by atoms with Crippen molar-refractivity contribution in [3.63, 3.8) is 0 Å². The van der Waals surface area contributed by atoms with E-state index in [1.165, 1.54) is 34.9 Å². The molecule has 0 bridgehead atoms. The van der Waals surface area contributed by atoms with Gasteiger partial charge < -0.3 is 25.8 Å². The number of hydrogen-bond donors (Lipinski definition) is 4. The van der Waals surface area contributed by atoms with Crippen LogP contribution in [0.3, 0.4) is 0 Å². The second kappa shape index (κ2) is 10.6. The summed E-state index contributed by atoms with van der Waals surface area (Å²) in [5.74, 6) is -2.61. The van der Waals surface area contributed by atoms with Gasteiger partial charge in [0.15, 0.2) is 0 Å². The average Bonchev–Trinajstić information content (AvgIpc) is 3.48. The Kier molecular flexibility index (Phi) is 7.36. The molecule has 0 spiro atoms. The number of piperidine rings is 1. The highest BCUT2D eigenvalue weighted by Crippen LogP contribution is 2.38. The first kappa shape index (κ1) is 24.3. The molecule has 9 nitrogen and oxygen atoms in total. The molecule has 2 aliphatic heterocycles. The molecule has 3 aromatic rings. The molecule has 2 aliphatic rings. The lowest BCUT2D eigenvalue weighted by atomic mass is 9.88. The number of carbonyl (C=O) groups is 3. The van der Waals surface area contributed by atoms with Crippen LogP contribution in [-0.2, 0) is 9.59 Å². The van der Waals surface area contributed by atoms with Crippen molar-refractivity contribution in [3.05, 3.63) is 65.9 Å². The number of fused-ring (bicyclic) bond motifs is 2. The first-order valence-corrected chi connectivity index (χ1v) is 11.7. The highest BCUT2D eigenvalue weighted by molar-refractivity contribution is 6.27. The van der Waals surface area contributed by atoms with Gasteiger partial charge in [-0.1, -0.05) is 24.3 Å². The first-order chi connectivity index (χ1) is 16.8. The fourth-order valence-corrected chi connectivity index (χ4v) is 5.11. The molecule has 5 rings (SSSR count). The second-order valence-electron chi connectivity index (χ2n) is 9.04.